The first-order valence-electron chi connectivity index (χ1n) is 3.06. The third-order valence-corrected chi connectivity index (χ3v) is 1.04. The van der Waals surface area contributed by atoms with Crippen molar-refractivity contribution in [3.8, 4) is 17.6 Å². The maximum atomic E-state index is 8.92. The normalized spacial score (nSPS) is 8.45. The van der Waals surface area contributed by atoms with Gasteiger partial charge in [0.15, 0.2) is 0 Å². The average molecular weight is 149 g/mol. The van der Waals surface area contributed by atoms with Gasteiger partial charge in [0.25, 0.3) is 0 Å². The number of hydrogen-bond donors (Lipinski definition) is 2. The van der Waals surface area contributed by atoms with Gasteiger partial charge in [0.05, 0.1) is 6.20 Å². The number of nitrogens with zero attached hydrogens (tertiary/aromatic N) is 1. The van der Waals surface area contributed by atoms with E-state index in [-0.39, 0.29) is 12.4 Å². The molecule has 3 nitrogen and oxygen atoms in total. The first-order chi connectivity index (χ1) is 5.33. The van der Waals surface area contributed by atoms with Gasteiger partial charge in [-0.25, -0.2) is 0 Å². The molecule has 0 unspecified atom stereocenters. The third-order valence-electron chi connectivity index (χ3n) is 1.04. The van der Waals surface area contributed by atoms with E-state index >= 15 is 0 Å². The highest BCUT2D eigenvalue weighted by atomic mass is 16.3. The molecule has 3 heteroatoms. The van der Waals surface area contributed by atoms with Gasteiger partial charge in [-0.15, -0.1) is 0 Å². The second-order valence-electron chi connectivity index (χ2n) is 1.89. The molecule has 0 aliphatic rings. The van der Waals surface area contributed by atoms with Gasteiger partial charge >= 0.3 is 0 Å². The molecule has 0 aliphatic carbocycles. The van der Waals surface area contributed by atoms with Crippen molar-refractivity contribution in [1.29, 1.82) is 0 Å². The van der Waals surface area contributed by atoms with Gasteiger partial charge in [0.1, 0.15) is 12.4 Å². The van der Waals surface area contributed by atoms with Crippen molar-refractivity contribution in [2.24, 2.45) is 0 Å². The highest BCUT2D eigenvalue weighted by Gasteiger charge is 1.88. The summed E-state index contributed by atoms with van der Waals surface area (Å²) in [4.78, 5) is 3.70. The van der Waals surface area contributed by atoms with Gasteiger partial charge in [0.2, 0.25) is 0 Å². The summed E-state index contributed by atoms with van der Waals surface area (Å²) < 4.78 is 0. The molecule has 0 fully saturated rings. The quantitative estimate of drug-likeness (QED) is 0.515. The smallest absolute Gasteiger partial charge is 0.135 e. The van der Waals surface area contributed by atoms with Crippen molar-refractivity contribution in [2.45, 2.75) is 0 Å². The predicted octanol–water partition coefficient (Wildman–Crippen LogP) is 0.131. The Balaban J connectivity index is 2.87. The maximum Gasteiger partial charge on any atom is 0.135 e. The molecule has 11 heavy (non-hydrogen) atoms. The largest absolute Gasteiger partial charge is 0.506 e. The van der Waals surface area contributed by atoms with E-state index in [1.807, 2.05) is 0 Å². The van der Waals surface area contributed by atoms with Gasteiger partial charge in [-0.1, -0.05) is 11.8 Å². The van der Waals surface area contributed by atoms with Gasteiger partial charge in [0, 0.05) is 11.8 Å². The minimum Gasteiger partial charge on any atom is -0.506 e. The van der Waals surface area contributed by atoms with Crippen molar-refractivity contribution >= 4 is 0 Å². The standard InChI is InChI=1S/C8H7NO2/c10-3-1-2-7-4-8(11)6-9-5-7/h4-6,10-11H,3H2. The van der Waals surface area contributed by atoms with Crippen molar-refractivity contribution < 1.29 is 10.2 Å². The molecule has 1 aromatic heterocycles. The molecule has 0 spiro atoms. The van der Waals surface area contributed by atoms with E-state index in [1.54, 1.807) is 0 Å². The summed E-state index contributed by atoms with van der Waals surface area (Å²) in [6, 6.07) is 1.48. The molecule has 1 aromatic rings. The van der Waals surface area contributed by atoms with Crippen LogP contribution in [0.15, 0.2) is 18.5 Å². The second-order valence-corrected chi connectivity index (χ2v) is 1.89. The Kier molecular flexibility index (Phi) is 2.47. The Labute approximate surface area is 64.3 Å². The van der Waals surface area contributed by atoms with Gasteiger partial charge in [-0.2, -0.15) is 0 Å². The predicted molar refractivity (Wildman–Crippen MR) is 39.9 cm³/mol. The molecule has 2 N–H and O–H groups in total. The molecule has 0 aliphatic heterocycles. The molecule has 0 atom stereocenters. The molecule has 0 radical (unpaired) electrons. The summed E-state index contributed by atoms with van der Waals surface area (Å²) in [6.45, 7) is -0.185. The molecule has 0 saturated heterocycles. The molecule has 0 amide bonds. The van der Waals surface area contributed by atoms with Crippen molar-refractivity contribution in [2.75, 3.05) is 6.61 Å². The fourth-order valence-corrected chi connectivity index (χ4v) is 0.638. The van der Waals surface area contributed by atoms with Crippen molar-refractivity contribution in [3.63, 3.8) is 0 Å². The molecule has 1 heterocycles. The Morgan fingerprint density at radius 3 is 2.91 bits per heavy atom. The van der Waals surface area contributed by atoms with Crippen LogP contribution in [0.25, 0.3) is 0 Å². The van der Waals surface area contributed by atoms with Crippen LogP contribution in [0.5, 0.6) is 5.75 Å². The van der Waals surface area contributed by atoms with Gasteiger partial charge < -0.3 is 10.2 Å². The fraction of sp³-hybridized carbons (Fsp3) is 0.125. The molecular weight excluding hydrogens is 142 g/mol. The zero-order valence-corrected chi connectivity index (χ0v) is 5.78. The molecule has 0 bridgehead atoms. The lowest BCUT2D eigenvalue weighted by atomic mass is 10.3. The lowest BCUT2D eigenvalue weighted by Crippen LogP contribution is -1.78. The van der Waals surface area contributed by atoms with E-state index < -0.39 is 0 Å². The van der Waals surface area contributed by atoms with Crippen LogP contribution in [0, 0.1) is 11.8 Å². The number of hydrogen-bond acceptors (Lipinski definition) is 3. The topological polar surface area (TPSA) is 53.4 Å². The number of aromatic hydroxyl groups is 1. The minimum atomic E-state index is -0.185. The van der Waals surface area contributed by atoms with Gasteiger partial charge in [-0.3, -0.25) is 4.98 Å². The van der Waals surface area contributed by atoms with Crippen LogP contribution in [-0.4, -0.2) is 21.8 Å². The highest BCUT2D eigenvalue weighted by molar-refractivity contribution is 5.35. The Bertz CT molecular complexity index is 298. The molecular formula is C8H7NO2. The minimum absolute atomic E-state index is 0.0785. The first kappa shape index (κ1) is 7.58. The number of pyridine rings is 1. The van der Waals surface area contributed by atoms with Crippen LogP contribution in [0.3, 0.4) is 0 Å². The van der Waals surface area contributed by atoms with Gasteiger partial charge in [-0.05, 0) is 6.07 Å². The monoisotopic (exact) mass is 149 g/mol. The Hall–Kier alpha value is -1.53. The van der Waals surface area contributed by atoms with E-state index in [2.05, 4.69) is 16.8 Å². The molecule has 0 aromatic carbocycles. The average Bonchev–Trinajstić information content (AvgIpc) is 2.01. The van der Waals surface area contributed by atoms with E-state index in [1.165, 1.54) is 18.5 Å². The summed E-state index contributed by atoms with van der Waals surface area (Å²) >= 11 is 0. The van der Waals surface area contributed by atoms with Crippen molar-refractivity contribution in [1.82, 2.24) is 4.98 Å². The number of aliphatic hydroxyl groups excluding tert-OH is 1. The van der Waals surface area contributed by atoms with Crippen molar-refractivity contribution in [3.05, 3.63) is 24.0 Å². The Morgan fingerprint density at radius 2 is 2.27 bits per heavy atom. The van der Waals surface area contributed by atoms with E-state index in [9.17, 15) is 0 Å². The summed E-state index contributed by atoms with van der Waals surface area (Å²) in [7, 11) is 0. The molecule has 56 valence electrons. The maximum absolute atomic E-state index is 8.92. The van der Waals surface area contributed by atoms with Crippen LogP contribution in [0.1, 0.15) is 5.56 Å². The fourth-order valence-electron chi connectivity index (χ4n) is 0.638. The van der Waals surface area contributed by atoms with E-state index in [0.29, 0.717) is 5.56 Å². The summed E-state index contributed by atoms with van der Waals surface area (Å²) in [6.07, 6.45) is 2.84. The first-order valence-corrected chi connectivity index (χ1v) is 3.06. The zero-order valence-electron chi connectivity index (χ0n) is 5.78. The van der Waals surface area contributed by atoms with E-state index in [0.717, 1.165) is 0 Å². The lowest BCUT2D eigenvalue weighted by Gasteiger charge is -1.89. The second kappa shape index (κ2) is 3.59. The third kappa shape index (κ3) is 2.28. The highest BCUT2D eigenvalue weighted by Crippen LogP contribution is 2.06. The Morgan fingerprint density at radius 1 is 1.45 bits per heavy atom. The number of rotatable bonds is 0. The summed E-state index contributed by atoms with van der Waals surface area (Å²) in [5, 5.41) is 17.3. The SMILES string of the molecule is OCC#Cc1cncc(O)c1. The summed E-state index contributed by atoms with van der Waals surface area (Å²) in [5.41, 5.74) is 0.596. The van der Waals surface area contributed by atoms with Crippen LogP contribution < -0.4 is 0 Å². The summed E-state index contributed by atoms with van der Waals surface area (Å²) in [5.74, 6) is 5.14. The number of aromatic nitrogens is 1. The van der Waals surface area contributed by atoms with Crippen LogP contribution in [-0.2, 0) is 0 Å². The zero-order chi connectivity index (χ0) is 8.10. The molecule has 0 saturated carbocycles. The van der Waals surface area contributed by atoms with Crippen LogP contribution >= 0.6 is 0 Å². The van der Waals surface area contributed by atoms with Crippen LogP contribution in [0.2, 0.25) is 0 Å². The number of aliphatic hydroxyl groups is 1. The van der Waals surface area contributed by atoms with E-state index in [4.69, 9.17) is 10.2 Å². The lowest BCUT2D eigenvalue weighted by molar-refractivity contribution is 0.350. The molecule has 1 rings (SSSR count). The van der Waals surface area contributed by atoms with Crippen LogP contribution in [0.4, 0.5) is 0 Å².